The number of hydrogen-bond donors (Lipinski definition) is 1. The lowest BCUT2D eigenvalue weighted by Gasteiger charge is -2.16. The van der Waals surface area contributed by atoms with Crippen LogP contribution in [0.3, 0.4) is 0 Å². The summed E-state index contributed by atoms with van der Waals surface area (Å²) < 4.78 is 4.64. The molecule has 80 valence electrons. The van der Waals surface area contributed by atoms with Crippen molar-refractivity contribution < 1.29 is 9.53 Å². The summed E-state index contributed by atoms with van der Waals surface area (Å²) in [6.45, 7) is 3.90. The third-order valence-electron chi connectivity index (χ3n) is 1.74. The van der Waals surface area contributed by atoms with E-state index >= 15 is 0 Å². The maximum absolute atomic E-state index is 10.5. The predicted octanol–water partition coefficient (Wildman–Crippen LogP) is 2.67. The van der Waals surface area contributed by atoms with Crippen molar-refractivity contribution >= 4 is 28.7 Å². The second kappa shape index (κ2) is 7.92. The Morgan fingerprint density at radius 1 is 1.64 bits per heavy atom. The van der Waals surface area contributed by atoms with Gasteiger partial charge in [-0.25, -0.2) is 4.79 Å². The number of amides is 1. The molecule has 2 unspecified atom stereocenters. The summed E-state index contributed by atoms with van der Waals surface area (Å²) in [5.41, 5.74) is 4.94. The molecule has 2 atom stereocenters. The number of alkyl halides is 1. The van der Waals surface area contributed by atoms with Gasteiger partial charge in [-0.1, -0.05) is 25.7 Å². The largest absolute Gasteiger partial charge is 0.434 e. The minimum Gasteiger partial charge on any atom is -0.434 e. The van der Waals surface area contributed by atoms with Crippen molar-refractivity contribution in [2.75, 3.05) is 0 Å². The molecule has 0 rings (SSSR count). The Morgan fingerprint density at radius 3 is 2.71 bits per heavy atom. The van der Waals surface area contributed by atoms with Crippen LogP contribution in [0.2, 0.25) is 0 Å². The molecule has 0 aromatic carbocycles. The first-order valence-corrected chi connectivity index (χ1v) is 5.88. The zero-order valence-corrected chi connectivity index (χ0v) is 10.7. The second-order valence-electron chi connectivity index (χ2n) is 2.93. The van der Waals surface area contributed by atoms with E-state index in [9.17, 15) is 4.79 Å². The van der Waals surface area contributed by atoms with Crippen molar-refractivity contribution in [3.63, 3.8) is 0 Å². The smallest absolute Gasteiger partial charge is 0.405 e. The minimum absolute atomic E-state index is 0.0908. The summed E-state index contributed by atoms with van der Waals surface area (Å²) >= 11 is 2.06. The Labute approximate surface area is 98.9 Å². The molecular weight excluding hydrogens is 293 g/mol. The molecule has 0 aliphatic heterocycles. The van der Waals surface area contributed by atoms with Gasteiger partial charge in [-0.05, 0) is 35.9 Å². The monoisotopic (exact) mass is 309 g/mol. The third-order valence-corrected chi connectivity index (χ3v) is 2.87. The quantitative estimate of drug-likeness (QED) is 0.482. The van der Waals surface area contributed by atoms with Gasteiger partial charge in [-0.2, -0.15) is 0 Å². The van der Waals surface area contributed by atoms with Gasteiger partial charge in [0.25, 0.3) is 0 Å². The van der Waals surface area contributed by atoms with Crippen LogP contribution in [-0.2, 0) is 4.74 Å². The van der Waals surface area contributed by atoms with Gasteiger partial charge in [-0.3, -0.25) is 0 Å². The topological polar surface area (TPSA) is 52.3 Å². The van der Waals surface area contributed by atoms with E-state index in [1.165, 1.54) is 0 Å². The average Bonchev–Trinajstić information content (AvgIpc) is 2.10. The van der Waals surface area contributed by atoms with E-state index in [4.69, 9.17) is 10.5 Å². The van der Waals surface area contributed by atoms with Crippen molar-refractivity contribution in [3.8, 4) is 11.8 Å². The average molecular weight is 309 g/mol. The van der Waals surface area contributed by atoms with E-state index in [1.807, 2.05) is 0 Å². The number of primary amides is 1. The number of nitrogens with two attached hydrogens (primary N) is 1. The van der Waals surface area contributed by atoms with E-state index < -0.39 is 6.09 Å². The molecule has 2 N–H and O–H groups in total. The normalized spacial score (nSPS) is 13.6. The van der Waals surface area contributed by atoms with Gasteiger partial charge in [-0.15, -0.1) is 5.92 Å². The highest BCUT2D eigenvalue weighted by atomic mass is 127. The van der Waals surface area contributed by atoms with Gasteiger partial charge >= 0.3 is 6.09 Å². The molecule has 3 nitrogen and oxygen atoms in total. The molecule has 14 heavy (non-hydrogen) atoms. The van der Waals surface area contributed by atoms with E-state index in [-0.39, 0.29) is 10.0 Å². The summed E-state index contributed by atoms with van der Waals surface area (Å²) in [5, 5.41) is 0. The number of unbranched alkanes of at least 4 members (excludes halogenated alkanes) is 1. The zero-order chi connectivity index (χ0) is 11.0. The Hall–Kier alpha value is -0.440. The molecule has 0 radical (unpaired) electrons. The van der Waals surface area contributed by atoms with Crippen LogP contribution in [0.5, 0.6) is 0 Å². The SMILES string of the molecule is CC#CC(CCCC)C(I)OC(N)=O. The molecule has 1 amide bonds. The Kier molecular flexibility index (Phi) is 7.67. The number of hydrogen-bond acceptors (Lipinski definition) is 2. The van der Waals surface area contributed by atoms with Gasteiger partial charge in [0.1, 0.15) is 0 Å². The van der Waals surface area contributed by atoms with E-state index in [0.29, 0.717) is 0 Å². The first kappa shape index (κ1) is 13.6. The Bertz CT molecular complexity index is 232. The van der Waals surface area contributed by atoms with Crippen LogP contribution in [0, 0.1) is 17.8 Å². The van der Waals surface area contributed by atoms with Gasteiger partial charge in [0.2, 0.25) is 0 Å². The molecular formula is C10H16INO2. The fourth-order valence-electron chi connectivity index (χ4n) is 1.07. The Balaban J connectivity index is 4.15. The van der Waals surface area contributed by atoms with Gasteiger partial charge in [0.15, 0.2) is 4.11 Å². The second-order valence-corrected chi connectivity index (χ2v) is 4.16. The maximum atomic E-state index is 10.5. The first-order valence-electron chi connectivity index (χ1n) is 4.64. The number of ether oxygens (including phenoxy) is 1. The fourth-order valence-corrected chi connectivity index (χ4v) is 1.86. The van der Waals surface area contributed by atoms with Crippen LogP contribution >= 0.6 is 22.6 Å². The molecule has 0 spiro atoms. The maximum Gasteiger partial charge on any atom is 0.405 e. The van der Waals surface area contributed by atoms with Crippen molar-refractivity contribution in [3.05, 3.63) is 0 Å². The number of carbonyl (C=O) groups is 1. The molecule has 0 aliphatic rings. The van der Waals surface area contributed by atoms with Crippen molar-refractivity contribution in [1.29, 1.82) is 0 Å². The third kappa shape index (κ3) is 6.08. The lowest BCUT2D eigenvalue weighted by molar-refractivity contribution is 0.135. The van der Waals surface area contributed by atoms with Crippen molar-refractivity contribution in [2.24, 2.45) is 11.7 Å². The summed E-state index contributed by atoms with van der Waals surface area (Å²) in [6.07, 6.45) is 2.41. The van der Waals surface area contributed by atoms with Crippen LogP contribution < -0.4 is 5.73 Å². The van der Waals surface area contributed by atoms with Crippen LogP contribution in [0.25, 0.3) is 0 Å². The van der Waals surface area contributed by atoms with E-state index in [0.717, 1.165) is 19.3 Å². The number of rotatable bonds is 5. The number of carbonyl (C=O) groups excluding carboxylic acids is 1. The molecule has 4 heteroatoms. The summed E-state index contributed by atoms with van der Waals surface area (Å²) in [5.74, 6) is 5.97. The molecule has 0 aliphatic carbocycles. The highest BCUT2D eigenvalue weighted by molar-refractivity contribution is 14.1. The minimum atomic E-state index is -0.733. The van der Waals surface area contributed by atoms with Gasteiger partial charge in [0.05, 0.1) is 5.92 Å². The van der Waals surface area contributed by atoms with Crippen LogP contribution in [0.15, 0.2) is 0 Å². The molecule has 0 heterocycles. The molecule has 0 saturated carbocycles. The molecule has 0 aromatic rings. The Morgan fingerprint density at radius 2 is 2.29 bits per heavy atom. The number of halogens is 1. The van der Waals surface area contributed by atoms with Crippen molar-refractivity contribution in [1.82, 2.24) is 0 Å². The van der Waals surface area contributed by atoms with Crippen LogP contribution in [0.4, 0.5) is 4.79 Å². The molecule has 0 bridgehead atoms. The lowest BCUT2D eigenvalue weighted by atomic mass is 10.0. The van der Waals surface area contributed by atoms with E-state index in [2.05, 4.69) is 41.4 Å². The van der Waals surface area contributed by atoms with Gasteiger partial charge < -0.3 is 10.5 Å². The van der Waals surface area contributed by atoms with Gasteiger partial charge in [0, 0.05) is 0 Å². The van der Waals surface area contributed by atoms with Crippen LogP contribution in [0.1, 0.15) is 33.1 Å². The molecule has 0 saturated heterocycles. The first-order chi connectivity index (χ1) is 6.61. The highest BCUT2D eigenvalue weighted by Gasteiger charge is 2.18. The summed E-state index contributed by atoms with van der Waals surface area (Å²) in [7, 11) is 0. The molecule has 0 aromatic heterocycles. The zero-order valence-electron chi connectivity index (χ0n) is 8.55. The van der Waals surface area contributed by atoms with Crippen LogP contribution in [-0.4, -0.2) is 10.2 Å². The lowest BCUT2D eigenvalue weighted by Crippen LogP contribution is -2.24. The summed E-state index contributed by atoms with van der Waals surface area (Å²) in [4.78, 5) is 10.5. The standard InChI is InChI=1S/C10H16INO2/c1-3-5-7-8(6-4-2)9(11)14-10(12)13/h8-9H,3,5,7H2,1-2H3,(H2,12,13). The van der Waals surface area contributed by atoms with E-state index in [1.54, 1.807) is 6.92 Å². The fraction of sp³-hybridized carbons (Fsp3) is 0.700. The predicted molar refractivity (Wildman–Crippen MR) is 64.9 cm³/mol. The highest BCUT2D eigenvalue weighted by Crippen LogP contribution is 2.20. The molecule has 0 fully saturated rings. The van der Waals surface area contributed by atoms with Crippen molar-refractivity contribution in [2.45, 2.75) is 37.2 Å². The summed E-state index contributed by atoms with van der Waals surface area (Å²) in [6, 6.07) is 0.